The fourth-order valence-electron chi connectivity index (χ4n) is 1.77. The molecule has 1 saturated carbocycles. The van der Waals surface area contributed by atoms with E-state index < -0.39 is 5.54 Å². The molecule has 1 aliphatic carbocycles. The second-order valence-electron chi connectivity index (χ2n) is 4.11. The minimum Gasteiger partial charge on any atom is -0.356 e. The van der Waals surface area contributed by atoms with Crippen molar-refractivity contribution in [3.05, 3.63) is 0 Å². The van der Waals surface area contributed by atoms with Crippen LogP contribution >= 0.6 is 0 Å². The molecule has 1 rings (SSSR count). The van der Waals surface area contributed by atoms with E-state index in [1.807, 2.05) is 13.8 Å². The molecule has 0 saturated heterocycles. The van der Waals surface area contributed by atoms with Crippen LogP contribution in [0.2, 0.25) is 0 Å². The molecular weight excluding hydrogens is 149 g/mol. The minimum absolute atomic E-state index is 0.246. The summed E-state index contributed by atoms with van der Waals surface area (Å²) in [4.78, 5) is 11.8. The standard InChI is InChI=1S/C9H16BNO/c1-9(2,11-10)8(12)7-5-3-4-6-7/h7,11H,3-6H2,1-2H3. The molecule has 66 valence electrons. The van der Waals surface area contributed by atoms with Gasteiger partial charge in [0.25, 0.3) is 0 Å². The second-order valence-corrected chi connectivity index (χ2v) is 4.11. The third-order valence-corrected chi connectivity index (χ3v) is 2.70. The number of rotatable bonds is 3. The van der Waals surface area contributed by atoms with E-state index in [9.17, 15) is 4.79 Å². The van der Waals surface area contributed by atoms with Crippen molar-refractivity contribution in [2.24, 2.45) is 5.92 Å². The van der Waals surface area contributed by atoms with Gasteiger partial charge in [-0.15, -0.1) is 0 Å². The van der Waals surface area contributed by atoms with Gasteiger partial charge in [-0.25, -0.2) is 0 Å². The Bertz CT molecular complexity index is 173. The van der Waals surface area contributed by atoms with Crippen LogP contribution in [0.3, 0.4) is 0 Å². The summed E-state index contributed by atoms with van der Waals surface area (Å²) >= 11 is 0. The summed E-state index contributed by atoms with van der Waals surface area (Å²) < 4.78 is 0. The highest BCUT2D eigenvalue weighted by Crippen LogP contribution is 2.28. The Labute approximate surface area is 75.5 Å². The molecule has 2 nitrogen and oxygen atoms in total. The van der Waals surface area contributed by atoms with Gasteiger partial charge < -0.3 is 5.23 Å². The number of carbonyl (C=O) groups is 1. The smallest absolute Gasteiger partial charge is 0.179 e. The van der Waals surface area contributed by atoms with Crippen molar-refractivity contribution in [2.75, 3.05) is 0 Å². The lowest BCUT2D eigenvalue weighted by Gasteiger charge is -2.26. The van der Waals surface area contributed by atoms with E-state index in [0.717, 1.165) is 12.8 Å². The monoisotopic (exact) mass is 165 g/mol. The summed E-state index contributed by atoms with van der Waals surface area (Å²) in [6.45, 7) is 3.68. The SMILES string of the molecule is [B]NC(C)(C)C(=O)C1CCCC1. The highest BCUT2D eigenvalue weighted by atomic mass is 16.1. The molecule has 0 spiro atoms. The van der Waals surface area contributed by atoms with Gasteiger partial charge in [0.1, 0.15) is 0 Å². The number of nitrogens with one attached hydrogen (secondary N) is 1. The Morgan fingerprint density at radius 1 is 1.42 bits per heavy atom. The Morgan fingerprint density at radius 2 is 1.92 bits per heavy atom. The zero-order valence-corrected chi connectivity index (χ0v) is 7.89. The zero-order valence-electron chi connectivity index (χ0n) is 7.89. The highest BCUT2D eigenvalue weighted by molar-refractivity contribution is 6.08. The van der Waals surface area contributed by atoms with Crippen LogP contribution in [0.5, 0.6) is 0 Å². The van der Waals surface area contributed by atoms with Crippen LogP contribution < -0.4 is 5.23 Å². The minimum atomic E-state index is -0.547. The quantitative estimate of drug-likeness (QED) is 0.636. The first kappa shape index (κ1) is 9.78. The van der Waals surface area contributed by atoms with Crippen LogP contribution in [0, 0.1) is 5.92 Å². The van der Waals surface area contributed by atoms with Crippen molar-refractivity contribution < 1.29 is 4.79 Å². The van der Waals surface area contributed by atoms with E-state index in [2.05, 4.69) is 5.23 Å². The van der Waals surface area contributed by atoms with Gasteiger partial charge in [0.2, 0.25) is 0 Å². The van der Waals surface area contributed by atoms with Crippen LogP contribution in [0.15, 0.2) is 0 Å². The fraction of sp³-hybridized carbons (Fsp3) is 0.889. The van der Waals surface area contributed by atoms with Crippen molar-refractivity contribution in [3.63, 3.8) is 0 Å². The summed E-state index contributed by atoms with van der Waals surface area (Å²) in [5, 5.41) is 2.57. The van der Waals surface area contributed by atoms with Crippen LogP contribution in [-0.2, 0) is 4.79 Å². The lowest BCUT2D eigenvalue weighted by molar-refractivity contribution is -0.127. The van der Waals surface area contributed by atoms with Crippen molar-refractivity contribution in [3.8, 4) is 0 Å². The molecule has 12 heavy (non-hydrogen) atoms. The predicted octanol–water partition coefficient (Wildman–Crippen LogP) is 1.20. The third kappa shape index (κ3) is 1.89. The van der Waals surface area contributed by atoms with Crippen LogP contribution in [0.25, 0.3) is 0 Å². The molecule has 0 unspecified atom stereocenters. The van der Waals surface area contributed by atoms with E-state index in [-0.39, 0.29) is 11.7 Å². The molecular formula is C9H16BNO. The average molecular weight is 165 g/mol. The summed E-state index contributed by atoms with van der Waals surface area (Å²) in [7, 11) is 5.30. The number of carbonyl (C=O) groups excluding carboxylic acids is 1. The Balaban J connectivity index is 2.56. The lowest BCUT2D eigenvalue weighted by atomic mass is 9.86. The van der Waals surface area contributed by atoms with Gasteiger partial charge in [-0.2, -0.15) is 0 Å². The van der Waals surface area contributed by atoms with Gasteiger partial charge in [0.15, 0.2) is 13.8 Å². The van der Waals surface area contributed by atoms with Gasteiger partial charge in [-0.05, 0) is 26.7 Å². The Kier molecular flexibility index (Phi) is 2.94. The molecule has 0 aromatic heterocycles. The predicted molar refractivity (Wildman–Crippen MR) is 49.9 cm³/mol. The molecule has 1 aliphatic rings. The topological polar surface area (TPSA) is 29.1 Å². The van der Waals surface area contributed by atoms with E-state index in [1.165, 1.54) is 12.8 Å². The average Bonchev–Trinajstić information content (AvgIpc) is 2.55. The summed E-state index contributed by atoms with van der Waals surface area (Å²) in [5.74, 6) is 0.513. The van der Waals surface area contributed by atoms with Gasteiger partial charge in [-0.1, -0.05) is 12.8 Å². The molecule has 0 amide bonds. The van der Waals surface area contributed by atoms with Gasteiger partial charge >= 0.3 is 0 Å². The summed E-state index contributed by atoms with van der Waals surface area (Å²) in [6.07, 6.45) is 4.47. The Morgan fingerprint density at radius 3 is 2.33 bits per heavy atom. The molecule has 2 radical (unpaired) electrons. The number of ketones is 1. The zero-order chi connectivity index (χ0) is 9.19. The van der Waals surface area contributed by atoms with Crippen molar-refractivity contribution in [2.45, 2.75) is 45.1 Å². The van der Waals surface area contributed by atoms with Gasteiger partial charge in [-0.3, -0.25) is 4.79 Å². The Hall–Kier alpha value is -0.305. The van der Waals surface area contributed by atoms with Gasteiger partial charge in [0, 0.05) is 5.92 Å². The van der Waals surface area contributed by atoms with Crippen molar-refractivity contribution >= 4 is 13.8 Å². The van der Waals surface area contributed by atoms with E-state index in [0.29, 0.717) is 0 Å². The normalized spacial score (nSPS) is 19.8. The van der Waals surface area contributed by atoms with E-state index in [4.69, 9.17) is 7.98 Å². The lowest BCUT2D eigenvalue weighted by Crippen LogP contribution is -2.47. The van der Waals surface area contributed by atoms with E-state index in [1.54, 1.807) is 0 Å². The first-order chi connectivity index (χ1) is 5.58. The summed E-state index contributed by atoms with van der Waals surface area (Å²) in [5.41, 5.74) is -0.547. The molecule has 0 aliphatic heterocycles. The maximum atomic E-state index is 11.8. The molecule has 0 aromatic carbocycles. The molecule has 0 aromatic rings. The van der Waals surface area contributed by atoms with Crippen LogP contribution in [0.4, 0.5) is 0 Å². The summed E-state index contributed by atoms with van der Waals surface area (Å²) in [6, 6.07) is 0. The molecule has 0 bridgehead atoms. The first-order valence-electron chi connectivity index (χ1n) is 4.60. The number of Topliss-reactive ketones (excluding diaryl/α,β-unsaturated/α-hetero) is 1. The molecule has 1 fully saturated rings. The maximum absolute atomic E-state index is 11.8. The molecule has 3 heteroatoms. The number of hydrogen-bond donors (Lipinski definition) is 1. The largest absolute Gasteiger partial charge is 0.356 e. The van der Waals surface area contributed by atoms with Gasteiger partial charge in [0.05, 0.1) is 5.54 Å². The molecule has 1 N–H and O–H groups in total. The highest BCUT2D eigenvalue weighted by Gasteiger charge is 2.33. The van der Waals surface area contributed by atoms with Crippen molar-refractivity contribution in [1.29, 1.82) is 0 Å². The van der Waals surface area contributed by atoms with Crippen LogP contribution in [-0.4, -0.2) is 19.3 Å². The fourth-order valence-corrected chi connectivity index (χ4v) is 1.77. The molecule has 0 heterocycles. The van der Waals surface area contributed by atoms with Crippen molar-refractivity contribution in [1.82, 2.24) is 5.23 Å². The second kappa shape index (κ2) is 3.61. The van der Waals surface area contributed by atoms with Crippen LogP contribution in [0.1, 0.15) is 39.5 Å². The maximum Gasteiger partial charge on any atom is 0.179 e. The van der Waals surface area contributed by atoms with E-state index >= 15 is 0 Å². The third-order valence-electron chi connectivity index (χ3n) is 2.70. The molecule has 0 atom stereocenters. The first-order valence-corrected chi connectivity index (χ1v) is 4.60. The number of hydrogen-bond acceptors (Lipinski definition) is 2.